The van der Waals surface area contributed by atoms with Crippen molar-refractivity contribution in [3.63, 3.8) is 0 Å². The van der Waals surface area contributed by atoms with Crippen molar-refractivity contribution in [2.45, 2.75) is 25.6 Å². The Kier molecular flexibility index (Phi) is 4.36. The van der Waals surface area contributed by atoms with Gasteiger partial charge in [-0.15, -0.1) is 0 Å². The van der Waals surface area contributed by atoms with Crippen LogP contribution in [0.2, 0.25) is 0 Å². The Morgan fingerprint density at radius 2 is 2.14 bits per heavy atom. The highest BCUT2D eigenvalue weighted by Gasteiger charge is 2.31. The van der Waals surface area contributed by atoms with E-state index in [-0.39, 0.29) is 18.3 Å². The second-order valence-corrected chi connectivity index (χ2v) is 5.26. The number of piperidine rings is 1. The third-order valence-corrected chi connectivity index (χ3v) is 3.25. The van der Waals surface area contributed by atoms with Crippen LogP contribution in [-0.2, 0) is 6.18 Å². The van der Waals surface area contributed by atoms with Gasteiger partial charge in [0.2, 0.25) is 0 Å². The average Bonchev–Trinajstić information content (AvgIpc) is 2.37. The van der Waals surface area contributed by atoms with E-state index in [1.807, 2.05) is 6.92 Å². The van der Waals surface area contributed by atoms with Crippen LogP contribution in [0.4, 0.5) is 23.8 Å². The first-order valence-electron chi connectivity index (χ1n) is 6.53. The molecule has 1 aliphatic rings. The first kappa shape index (κ1) is 15.6. The number of aromatic nitrogens is 1. The van der Waals surface area contributed by atoms with Gasteiger partial charge in [-0.3, -0.25) is 5.32 Å². The number of aliphatic hydroxyl groups is 1. The van der Waals surface area contributed by atoms with Crippen molar-refractivity contribution < 1.29 is 23.1 Å². The van der Waals surface area contributed by atoms with Crippen LogP contribution in [0.1, 0.15) is 18.9 Å². The van der Waals surface area contributed by atoms with Crippen molar-refractivity contribution in [3.05, 3.63) is 23.9 Å². The molecule has 0 spiro atoms. The fraction of sp³-hybridized carbons (Fsp3) is 0.538. The van der Waals surface area contributed by atoms with Crippen LogP contribution in [0.5, 0.6) is 0 Å². The normalized spacial score (nSPS) is 23.0. The van der Waals surface area contributed by atoms with E-state index in [1.165, 1.54) is 4.90 Å². The average molecular weight is 303 g/mol. The molecule has 0 aliphatic carbocycles. The number of β-amino-alcohol motifs (C(OH)–C–C–N with tert-alkyl or cyclic N) is 1. The van der Waals surface area contributed by atoms with Gasteiger partial charge in [-0.05, 0) is 24.5 Å². The number of carbonyl (C=O) groups excluding carboxylic acids is 1. The van der Waals surface area contributed by atoms with Crippen LogP contribution in [-0.4, -0.2) is 40.2 Å². The summed E-state index contributed by atoms with van der Waals surface area (Å²) in [5.74, 6) is 0.209. The predicted molar refractivity (Wildman–Crippen MR) is 69.6 cm³/mol. The number of aliphatic hydroxyl groups excluding tert-OH is 1. The molecule has 21 heavy (non-hydrogen) atoms. The molecule has 0 aromatic carbocycles. The van der Waals surface area contributed by atoms with E-state index < -0.39 is 23.9 Å². The number of pyridine rings is 1. The van der Waals surface area contributed by atoms with Crippen molar-refractivity contribution in [3.8, 4) is 0 Å². The summed E-state index contributed by atoms with van der Waals surface area (Å²) in [5, 5.41) is 12.1. The van der Waals surface area contributed by atoms with Gasteiger partial charge in [0.25, 0.3) is 0 Å². The number of hydrogen-bond acceptors (Lipinski definition) is 3. The highest BCUT2D eigenvalue weighted by atomic mass is 19.4. The van der Waals surface area contributed by atoms with E-state index in [4.69, 9.17) is 0 Å². The summed E-state index contributed by atoms with van der Waals surface area (Å²) in [6.07, 6.45) is -3.74. The topological polar surface area (TPSA) is 65.5 Å². The molecule has 0 radical (unpaired) electrons. The first-order chi connectivity index (χ1) is 9.75. The number of alkyl halides is 3. The van der Waals surface area contributed by atoms with Gasteiger partial charge in [0.15, 0.2) is 0 Å². The van der Waals surface area contributed by atoms with Gasteiger partial charge in [0, 0.05) is 19.3 Å². The van der Waals surface area contributed by atoms with Crippen LogP contribution in [0.15, 0.2) is 18.3 Å². The van der Waals surface area contributed by atoms with Crippen molar-refractivity contribution in [1.29, 1.82) is 0 Å². The van der Waals surface area contributed by atoms with Gasteiger partial charge in [0.1, 0.15) is 5.82 Å². The third-order valence-electron chi connectivity index (χ3n) is 3.25. The molecule has 8 heteroatoms. The number of urea groups is 1. The monoisotopic (exact) mass is 303 g/mol. The number of rotatable bonds is 1. The number of likely N-dealkylation sites (tertiary alicyclic amines) is 1. The molecule has 1 saturated heterocycles. The van der Waals surface area contributed by atoms with Gasteiger partial charge in [-0.1, -0.05) is 6.92 Å². The number of nitrogens with one attached hydrogen (secondary N) is 1. The summed E-state index contributed by atoms with van der Waals surface area (Å²) in [6.45, 7) is 2.61. The molecular weight excluding hydrogens is 287 g/mol. The standard InChI is InChI=1S/C13H16F3N3O2/c1-8-4-10(20)7-19(6-8)12(21)18-11-3-2-9(5-17-11)13(14,15)16/h2-3,5,8,10,20H,4,6-7H2,1H3,(H,17,18,21)/t8-,10+/m1/s1. The minimum atomic E-state index is -4.46. The lowest BCUT2D eigenvalue weighted by molar-refractivity contribution is -0.137. The van der Waals surface area contributed by atoms with Crippen molar-refractivity contribution in [2.24, 2.45) is 5.92 Å². The maximum atomic E-state index is 12.4. The zero-order valence-corrected chi connectivity index (χ0v) is 11.4. The molecule has 0 bridgehead atoms. The Morgan fingerprint density at radius 1 is 1.43 bits per heavy atom. The second-order valence-electron chi connectivity index (χ2n) is 5.26. The van der Waals surface area contributed by atoms with Crippen molar-refractivity contribution >= 4 is 11.8 Å². The lowest BCUT2D eigenvalue weighted by Gasteiger charge is -2.33. The Bertz CT molecular complexity index is 494. The molecule has 1 aromatic heterocycles. The zero-order valence-electron chi connectivity index (χ0n) is 11.4. The summed E-state index contributed by atoms with van der Waals surface area (Å²) in [7, 11) is 0. The Morgan fingerprint density at radius 3 is 2.67 bits per heavy atom. The van der Waals surface area contributed by atoms with E-state index in [2.05, 4.69) is 10.3 Å². The van der Waals surface area contributed by atoms with E-state index in [1.54, 1.807) is 0 Å². The van der Waals surface area contributed by atoms with E-state index in [0.717, 1.165) is 12.1 Å². The lowest BCUT2D eigenvalue weighted by atomic mass is 9.98. The smallest absolute Gasteiger partial charge is 0.391 e. The van der Waals surface area contributed by atoms with Gasteiger partial charge < -0.3 is 10.0 Å². The Balaban J connectivity index is 1.99. The van der Waals surface area contributed by atoms with Crippen LogP contribution in [0.3, 0.4) is 0 Å². The number of carbonyl (C=O) groups is 1. The number of halogens is 3. The molecule has 1 aromatic rings. The van der Waals surface area contributed by atoms with E-state index in [9.17, 15) is 23.1 Å². The van der Waals surface area contributed by atoms with E-state index >= 15 is 0 Å². The molecule has 1 aliphatic heterocycles. The molecule has 2 rings (SSSR count). The SMILES string of the molecule is C[C@@H]1C[C@H](O)CN(C(=O)Nc2ccc(C(F)(F)F)cn2)C1. The maximum absolute atomic E-state index is 12.4. The van der Waals surface area contributed by atoms with Gasteiger partial charge in [-0.25, -0.2) is 9.78 Å². The van der Waals surface area contributed by atoms with Crippen molar-refractivity contribution in [2.75, 3.05) is 18.4 Å². The molecule has 2 atom stereocenters. The molecule has 0 unspecified atom stereocenters. The largest absolute Gasteiger partial charge is 0.417 e. The number of nitrogens with zero attached hydrogens (tertiary/aromatic N) is 2. The first-order valence-corrected chi connectivity index (χ1v) is 6.53. The number of hydrogen-bond donors (Lipinski definition) is 2. The molecule has 0 saturated carbocycles. The quantitative estimate of drug-likeness (QED) is 0.837. The van der Waals surface area contributed by atoms with Crippen LogP contribution in [0.25, 0.3) is 0 Å². The number of anilines is 1. The highest BCUT2D eigenvalue weighted by molar-refractivity contribution is 5.88. The highest BCUT2D eigenvalue weighted by Crippen LogP contribution is 2.28. The fourth-order valence-corrected chi connectivity index (χ4v) is 2.31. The summed E-state index contributed by atoms with van der Waals surface area (Å²) >= 11 is 0. The van der Waals surface area contributed by atoms with Gasteiger partial charge in [0.05, 0.1) is 11.7 Å². The minimum Gasteiger partial charge on any atom is -0.391 e. The molecule has 1 fully saturated rings. The molecule has 2 amide bonds. The maximum Gasteiger partial charge on any atom is 0.417 e. The second kappa shape index (κ2) is 5.88. The van der Waals surface area contributed by atoms with Crippen LogP contribution >= 0.6 is 0 Å². The minimum absolute atomic E-state index is 0.0423. The third kappa shape index (κ3) is 4.07. The Hall–Kier alpha value is -1.83. The van der Waals surface area contributed by atoms with Gasteiger partial charge in [-0.2, -0.15) is 13.2 Å². The number of amides is 2. The lowest BCUT2D eigenvalue weighted by Crippen LogP contribution is -2.47. The summed E-state index contributed by atoms with van der Waals surface area (Å²) in [4.78, 5) is 17.0. The summed E-state index contributed by atoms with van der Waals surface area (Å²) < 4.78 is 37.2. The summed E-state index contributed by atoms with van der Waals surface area (Å²) in [5.41, 5.74) is -0.873. The summed E-state index contributed by atoms with van der Waals surface area (Å²) in [6, 6.07) is 1.48. The molecule has 5 nitrogen and oxygen atoms in total. The van der Waals surface area contributed by atoms with Crippen LogP contribution < -0.4 is 5.32 Å². The zero-order chi connectivity index (χ0) is 15.6. The Labute approximate surface area is 119 Å². The molecular formula is C13H16F3N3O2. The van der Waals surface area contributed by atoms with Crippen LogP contribution in [0, 0.1) is 5.92 Å². The van der Waals surface area contributed by atoms with Crippen molar-refractivity contribution in [1.82, 2.24) is 9.88 Å². The van der Waals surface area contributed by atoms with Gasteiger partial charge >= 0.3 is 12.2 Å². The van der Waals surface area contributed by atoms with E-state index in [0.29, 0.717) is 19.2 Å². The molecule has 116 valence electrons. The molecule has 2 N–H and O–H groups in total. The fourth-order valence-electron chi connectivity index (χ4n) is 2.31. The molecule has 2 heterocycles. The predicted octanol–water partition coefficient (Wildman–Crippen LogP) is 2.33.